The first kappa shape index (κ1) is 13.3. The van der Waals surface area contributed by atoms with Gasteiger partial charge in [-0.05, 0) is 30.0 Å². The summed E-state index contributed by atoms with van der Waals surface area (Å²) in [5.74, 6) is -0.317. The largest absolute Gasteiger partial charge is 0.456 e. The maximum absolute atomic E-state index is 12.1. The Bertz CT molecular complexity index is 796. The molecular formula is C18H15NO2. The Kier molecular flexibility index (Phi) is 3.65. The summed E-state index contributed by atoms with van der Waals surface area (Å²) in [6.45, 7) is 2.07. The molecule has 21 heavy (non-hydrogen) atoms. The average molecular weight is 277 g/mol. The van der Waals surface area contributed by atoms with Crippen LogP contribution in [0.4, 0.5) is 0 Å². The van der Waals surface area contributed by atoms with Crippen LogP contribution < -0.4 is 0 Å². The van der Waals surface area contributed by atoms with Crippen LogP contribution >= 0.6 is 0 Å². The molecule has 0 aliphatic heterocycles. The topological polar surface area (TPSA) is 39.2 Å². The van der Waals surface area contributed by atoms with Gasteiger partial charge in [-0.15, -0.1) is 0 Å². The van der Waals surface area contributed by atoms with Crippen molar-refractivity contribution in [3.05, 3.63) is 77.6 Å². The fourth-order valence-corrected chi connectivity index (χ4v) is 2.23. The van der Waals surface area contributed by atoms with E-state index in [2.05, 4.69) is 4.98 Å². The molecule has 0 saturated heterocycles. The van der Waals surface area contributed by atoms with Gasteiger partial charge in [0.15, 0.2) is 0 Å². The van der Waals surface area contributed by atoms with Crippen LogP contribution in [0, 0.1) is 6.92 Å². The Labute approximate surface area is 123 Å². The van der Waals surface area contributed by atoms with Crippen LogP contribution in [0.25, 0.3) is 10.8 Å². The first-order valence-corrected chi connectivity index (χ1v) is 6.80. The summed E-state index contributed by atoms with van der Waals surface area (Å²) in [6.07, 6.45) is 1.80. The van der Waals surface area contributed by atoms with Gasteiger partial charge in [-0.3, -0.25) is 4.98 Å². The average Bonchev–Trinajstić information content (AvgIpc) is 2.53. The van der Waals surface area contributed by atoms with Gasteiger partial charge in [-0.2, -0.15) is 0 Å². The van der Waals surface area contributed by atoms with Gasteiger partial charge in [0.25, 0.3) is 0 Å². The smallest absolute Gasteiger partial charge is 0.338 e. The second kappa shape index (κ2) is 5.75. The number of rotatable bonds is 3. The van der Waals surface area contributed by atoms with Gasteiger partial charge in [-0.1, -0.05) is 42.5 Å². The number of hydrogen-bond acceptors (Lipinski definition) is 3. The number of nitrogens with zero attached hydrogens (tertiary/aromatic N) is 1. The zero-order valence-electron chi connectivity index (χ0n) is 11.7. The van der Waals surface area contributed by atoms with Crippen molar-refractivity contribution < 1.29 is 9.53 Å². The van der Waals surface area contributed by atoms with Crippen molar-refractivity contribution in [1.29, 1.82) is 0 Å². The van der Waals surface area contributed by atoms with E-state index in [1.807, 2.05) is 55.5 Å². The number of hydrogen-bond donors (Lipinski definition) is 0. The minimum absolute atomic E-state index is 0.179. The Morgan fingerprint density at radius 3 is 2.57 bits per heavy atom. The SMILES string of the molecule is Cc1ccccc1C(=O)OCc1cc2ccccc2cn1. The molecule has 0 aliphatic carbocycles. The molecule has 0 unspecified atom stereocenters. The number of aromatic nitrogens is 1. The number of aryl methyl sites for hydroxylation is 1. The Balaban J connectivity index is 1.74. The predicted octanol–water partition coefficient (Wildman–Crippen LogP) is 3.90. The van der Waals surface area contributed by atoms with Crippen molar-refractivity contribution >= 4 is 16.7 Å². The molecule has 0 aliphatic rings. The van der Waals surface area contributed by atoms with E-state index in [-0.39, 0.29) is 12.6 Å². The molecule has 3 rings (SSSR count). The van der Waals surface area contributed by atoms with Gasteiger partial charge in [0.2, 0.25) is 0 Å². The minimum Gasteiger partial charge on any atom is -0.456 e. The number of carbonyl (C=O) groups is 1. The summed E-state index contributed by atoms with van der Waals surface area (Å²) in [7, 11) is 0. The summed E-state index contributed by atoms with van der Waals surface area (Å²) >= 11 is 0. The molecule has 0 atom stereocenters. The normalized spacial score (nSPS) is 10.5. The lowest BCUT2D eigenvalue weighted by molar-refractivity contribution is 0.0467. The second-order valence-corrected chi connectivity index (χ2v) is 4.91. The van der Waals surface area contributed by atoms with Gasteiger partial charge in [0, 0.05) is 11.6 Å². The minimum atomic E-state index is -0.317. The number of pyridine rings is 1. The molecule has 104 valence electrons. The molecule has 3 heteroatoms. The monoisotopic (exact) mass is 277 g/mol. The third-order valence-electron chi connectivity index (χ3n) is 3.40. The Morgan fingerprint density at radius 1 is 1.05 bits per heavy atom. The molecule has 0 radical (unpaired) electrons. The summed E-state index contributed by atoms with van der Waals surface area (Å²) < 4.78 is 5.34. The number of fused-ring (bicyclic) bond motifs is 1. The number of esters is 1. The second-order valence-electron chi connectivity index (χ2n) is 4.91. The zero-order valence-corrected chi connectivity index (χ0v) is 11.7. The number of benzene rings is 2. The van der Waals surface area contributed by atoms with Crippen molar-refractivity contribution in [2.45, 2.75) is 13.5 Å². The van der Waals surface area contributed by atoms with Crippen molar-refractivity contribution in [1.82, 2.24) is 4.98 Å². The predicted molar refractivity (Wildman–Crippen MR) is 82.0 cm³/mol. The lowest BCUT2D eigenvalue weighted by Gasteiger charge is -2.07. The number of carbonyl (C=O) groups excluding carboxylic acids is 1. The highest BCUT2D eigenvalue weighted by Crippen LogP contribution is 2.15. The molecule has 0 spiro atoms. The standard InChI is InChI=1S/C18H15NO2/c1-13-6-2-5-9-17(13)18(20)21-12-16-10-14-7-3-4-8-15(14)11-19-16/h2-11H,12H2,1H3. The molecule has 0 amide bonds. The molecule has 0 saturated carbocycles. The molecule has 1 heterocycles. The zero-order chi connectivity index (χ0) is 14.7. The van der Waals surface area contributed by atoms with E-state index in [4.69, 9.17) is 4.74 Å². The Hall–Kier alpha value is -2.68. The molecule has 0 bridgehead atoms. The van der Waals surface area contributed by atoms with Gasteiger partial charge in [0.1, 0.15) is 6.61 Å². The summed E-state index contributed by atoms with van der Waals surface area (Å²) in [4.78, 5) is 16.4. The van der Waals surface area contributed by atoms with Gasteiger partial charge >= 0.3 is 5.97 Å². The molecular weight excluding hydrogens is 262 g/mol. The first-order valence-electron chi connectivity index (χ1n) is 6.80. The van der Waals surface area contributed by atoms with Crippen LogP contribution in [-0.4, -0.2) is 11.0 Å². The molecule has 1 aromatic heterocycles. The molecule has 3 aromatic rings. The van der Waals surface area contributed by atoms with Crippen LogP contribution in [0.2, 0.25) is 0 Å². The van der Waals surface area contributed by atoms with E-state index in [0.29, 0.717) is 5.56 Å². The maximum Gasteiger partial charge on any atom is 0.338 e. The molecule has 0 N–H and O–H groups in total. The van der Waals surface area contributed by atoms with E-state index in [1.54, 1.807) is 12.3 Å². The van der Waals surface area contributed by atoms with Crippen LogP contribution in [0.1, 0.15) is 21.6 Å². The lowest BCUT2D eigenvalue weighted by Crippen LogP contribution is -2.07. The fraction of sp³-hybridized carbons (Fsp3) is 0.111. The van der Waals surface area contributed by atoms with Gasteiger partial charge < -0.3 is 4.74 Å². The molecule has 0 fully saturated rings. The highest BCUT2D eigenvalue weighted by atomic mass is 16.5. The highest BCUT2D eigenvalue weighted by Gasteiger charge is 2.10. The Morgan fingerprint density at radius 2 is 1.76 bits per heavy atom. The third kappa shape index (κ3) is 2.92. The lowest BCUT2D eigenvalue weighted by atomic mass is 10.1. The van der Waals surface area contributed by atoms with Crippen LogP contribution in [-0.2, 0) is 11.3 Å². The molecule has 3 nitrogen and oxygen atoms in total. The summed E-state index contributed by atoms with van der Waals surface area (Å²) in [6, 6.07) is 17.3. The van der Waals surface area contributed by atoms with E-state index in [1.165, 1.54) is 0 Å². The van der Waals surface area contributed by atoms with E-state index in [0.717, 1.165) is 22.0 Å². The maximum atomic E-state index is 12.1. The van der Waals surface area contributed by atoms with Crippen LogP contribution in [0.5, 0.6) is 0 Å². The van der Waals surface area contributed by atoms with Crippen LogP contribution in [0.3, 0.4) is 0 Å². The third-order valence-corrected chi connectivity index (χ3v) is 3.40. The van der Waals surface area contributed by atoms with Gasteiger partial charge in [0.05, 0.1) is 11.3 Å². The van der Waals surface area contributed by atoms with E-state index < -0.39 is 0 Å². The van der Waals surface area contributed by atoms with Crippen molar-refractivity contribution in [3.63, 3.8) is 0 Å². The molecule has 2 aromatic carbocycles. The van der Waals surface area contributed by atoms with Crippen LogP contribution in [0.15, 0.2) is 60.8 Å². The summed E-state index contributed by atoms with van der Waals surface area (Å²) in [5.41, 5.74) is 2.25. The highest BCUT2D eigenvalue weighted by molar-refractivity contribution is 5.91. The fourth-order valence-electron chi connectivity index (χ4n) is 2.23. The van der Waals surface area contributed by atoms with E-state index >= 15 is 0 Å². The summed E-state index contributed by atoms with van der Waals surface area (Å²) in [5, 5.41) is 2.17. The van der Waals surface area contributed by atoms with Crippen molar-refractivity contribution in [3.8, 4) is 0 Å². The van der Waals surface area contributed by atoms with Crippen molar-refractivity contribution in [2.75, 3.05) is 0 Å². The quantitative estimate of drug-likeness (QED) is 0.681. The van der Waals surface area contributed by atoms with Crippen molar-refractivity contribution in [2.24, 2.45) is 0 Å². The van der Waals surface area contributed by atoms with Gasteiger partial charge in [-0.25, -0.2) is 4.79 Å². The first-order chi connectivity index (χ1) is 10.2. The number of ether oxygens (including phenoxy) is 1. The van der Waals surface area contributed by atoms with E-state index in [9.17, 15) is 4.79 Å².